The van der Waals surface area contributed by atoms with Gasteiger partial charge in [-0.15, -0.1) is 0 Å². The summed E-state index contributed by atoms with van der Waals surface area (Å²) >= 11 is 0. The highest BCUT2D eigenvalue weighted by atomic mass is 16.5. The number of hydrogen-bond acceptors (Lipinski definition) is 5. The molecule has 0 heterocycles. The number of carbonyl (C=O) groups is 2. The van der Waals surface area contributed by atoms with Crippen molar-refractivity contribution in [3.05, 3.63) is 12.2 Å². The maximum atomic E-state index is 13.3. The molecule has 0 aliphatic carbocycles. The molecule has 1 amide bonds. The molecule has 3 unspecified atom stereocenters. The molecule has 0 aliphatic heterocycles. The zero-order chi connectivity index (χ0) is 48.8. The topological polar surface area (TPSA) is 95.9 Å². The summed E-state index contributed by atoms with van der Waals surface area (Å²) < 4.78 is 5.97. The van der Waals surface area contributed by atoms with Crippen molar-refractivity contribution in [1.29, 1.82) is 0 Å². The molecule has 67 heavy (non-hydrogen) atoms. The first-order chi connectivity index (χ1) is 33.0. The lowest BCUT2D eigenvalue weighted by Crippen LogP contribution is -2.46. The molecule has 0 saturated carbocycles. The molecular formula is C61H119NO5. The second-order valence-corrected chi connectivity index (χ2v) is 21.1. The van der Waals surface area contributed by atoms with Crippen molar-refractivity contribution >= 4 is 11.9 Å². The molecule has 3 N–H and O–H groups in total. The molecule has 0 aliphatic rings. The van der Waals surface area contributed by atoms with Crippen LogP contribution in [0.3, 0.4) is 0 Å². The summed E-state index contributed by atoms with van der Waals surface area (Å²) in [5, 5.41) is 23.9. The quantitative estimate of drug-likeness (QED) is 0.0321. The molecule has 0 spiro atoms. The van der Waals surface area contributed by atoms with Gasteiger partial charge in [0.1, 0.15) is 6.10 Å². The molecule has 3 atom stereocenters. The number of ether oxygens (including phenoxy) is 1. The summed E-state index contributed by atoms with van der Waals surface area (Å²) in [5.41, 5.74) is 0. The van der Waals surface area contributed by atoms with Crippen LogP contribution in [-0.4, -0.2) is 46.9 Å². The van der Waals surface area contributed by atoms with E-state index in [-0.39, 0.29) is 24.9 Å². The van der Waals surface area contributed by atoms with Gasteiger partial charge >= 0.3 is 5.97 Å². The molecule has 6 heteroatoms. The summed E-state index contributed by atoms with van der Waals surface area (Å²) in [5.74, 6) is -0.464. The van der Waals surface area contributed by atoms with Crippen LogP contribution in [0.1, 0.15) is 342 Å². The van der Waals surface area contributed by atoms with E-state index in [2.05, 4.69) is 38.2 Å². The minimum Gasteiger partial charge on any atom is -0.462 e. The maximum Gasteiger partial charge on any atom is 0.306 e. The Bertz CT molecular complexity index is 1020. The Morgan fingerprint density at radius 1 is 0.418 bits per heavy atom. The molecule has 0 radical (unpaired) electrons. The number of aliphatic hydroxyl groups is 2. The zero-order valence-electron chi connectivity index (χ0n) is 45.6. The first kappa shape index (κ1) is 65.6. The Morgan fingerprint density at radius 3 is 1.07 bits per heavy atom. The van der Waals surface area contributed by atoms with Gasteiger partial charge in [0.05, 0.1) is 25.2 Å². The summed E-state index contributed by atoms with van der Waals surface area (Å²) in [4.78, 5) is 26.3. The van der Waals surface area contributed by atoms with Gasteiger partial charge in [-0.2, -0.15) is 0 Å². The van der Waals surface area contributed by atoms with Crippen LogP contribution in [0.25, 0.3) is 0 Å². The van der Waals surface area contributed by atoms with E-state index >= 15 is 0 Å². The van der Waals surface area contributed by atoms with Crippen LogP contribution in [0.15, 0.2) is 12.2 Å². The molecule has 0 aromatic carbocycles. The molecule has 6 nitrogen and oxygen atoms in total. The Hall–Kier alpha value is -1.40. The number of allylic oxidation sites excluding steroid dienone is 2. The first-order valence-electron chi connectivity index (χ1n) is 30.4. The number of carbonyl (C=O) groups excluding carboxylic acids is 2. The maximum absolute atomic E-state index is 13.3. The van der Waals surface area contributed by atoms with Gasteiger partial charge in [-0.1, -0.05) is 290 Å². The highest BCUT2D eigenvalue weighted by molar-refractivity contribution is 5.77. The van der Waals surface area contributed by atoms with Crippen LogP contribution in [0, 0.1) is 0 Å². The monoisotopic (exact) mass is 946 g/mol. The van der Waals surface area contributed by atoms with Crippen molar-refractivity contribution in [1.82, 2.24) is 5.32 Å². The standard InChI is InChI=1S/C61H119NO5/c1-4-7-10-13-16-19-22-25-28-30-31-33-36-39-42-45-48-51-54-61(66)67-57(52-49-46-43-40-37-34-27-24-21-18-15-12-9-6-3)55-60(65)62-58(56-63)59(64)53-50-47-44-41-38-35-32-29-26-23-20-17-14-11-8-5-2/h34,37,57-59,63-64H,4-33,35-36,38-56H2,1-3H3,(H,62,65)/b37-34+. The molecule has 0 bridgehead atoms. The number of amides is 1. The average Bonchev–Trinajstić information content (AvgIpc) is 3.32. The number of rotatable bonds is 56. The zero-order valence-corrected chi connectivity index (χ0v) is 45.6. The SMILES string of the molecule is CCCCCCCCC/C=C/CCCCCC(CC(=O)NC(CO)C(O)CCCCCCCCCCCCCCCCCC)OC(=O)CCCCCCCCCCCCCCCCCCCC. The average molecular weight is 947 g/mol. The van der Waals surface area contributed by atoms with Gasteiger partial charge in [0.2, 0.25) is 5.91 Å². The van der Waals surface area contributed by atoms with Crippen LogP contribution in [-0.2, 0) is 14.3 Å². The van der Waals surface area contributed by atoms with Crippen LogP contribution in [0.2, 0.25) is 0 Å². The van der Waals surface area contributed by atoms with E-state index in [9.17, 15) is 19.8 Å². The first-order valence-corrected chi connectivity index (χ1v) is 30.4. The molecule has 0 aromatic rings. The van der Waals surface area contributed by atoms with Crippen LogP contribution in [0.5, 0.6) is 0 Å². The number of nitrogens with one attached hydrogen (secondary N) is 1. The summed E-state index contributed by atoms with van der Waals surface area (Å²) in [6.45, 7) is 6.53. The van der Waals surface area contributed by atoms with Gasteiger partial charge in [0, 0.05) is 6.42 Å². The highest BCUT2D eigenvalue weighted by Gasteiger charge is 2.24. The third kappa shape index (κ3) is 50.8. The predicted octanol–water partition coefficient (Wildman–Crippen LogP) is 18.9. The van der Waals surface area contributed by atoms with Gasteiger partial charge in [0.15, 0.2) is 0 Å². The predicted molar refractivity (Wildman–Crippen MR) is 292 cm³/mol. The van der Waals surface area contributed by atoms with E-state index in [1.54, 1.807) is 0 Å². The van der Waals surface area contributed by atoms with E-state index < -0.39 is 18.2 Å². The summed E-state index contributed by atoms with van der Waals surface area (Å²) in [6.07, 6.45) is 64.3. The summed E-state index contributed by atoms with van der Waals surface area (Å²) in [7, 11) is 0. The Labute approximate surface area is 419 Å². The van der Waals surface area contributed by atoms with E-state index in [1.807, 2.05) is 0 Å². The van der Waals surface area contributed by atoms with Crippen molar-refractivity contribution in [2.45, 2.75) is 360 Å². The van der Waals surface area contributed by atoms with Crippen molar-refractivity contribution < 1.29 is 24.5 Å². The number of esters is 1. The molecular weight excluding hydrogens is 827 g/mol. The fourth-order valence-electron chi connectivity index (χ4n) is 9.72. The summed E-state index contributed by atoms with van der Waals surface area (Å²) in [6, 6.07) is -0.701. The fraction of sp³-hybridized carbons (Fsp3) is 0.934. The second kappa shape index (κ2) is 55.5. The van der Waals surface area contributed by atoms with Crippen molar-refractivity contribution in [2.75, 3.05) is 6.61 Å². The number of aliphatic hydroxyl groups excluding tert-OH is 2. The number of hydrogen-bond donors (Lipinski definition) is 3. The van der Waals surface area contributed by atoms with Crippen LogP contribution < -0.4 is 5.32 Å². The van der Waals surface area contributed by atoms with Gasteiger partial charge in [-0.3, -0.25) is 9.59 Å². The minimum atomic E-state index is -0.787. The fourth-order valence-corrected chi connectivity index (χ4v) is 9.72. The third-order valence-corrected chi connectivity index (χ3v) is 14.3. The minimum absolute atomic E-state index is 0.0749. The molecule has 398 valence electrons. The van der Waals surface area contributed by atoms with Gasteiger partial charge in [-0.05, 0) is 51.4 Å². The molecule has 0 aromatic heterocycles. The Kier molecular flexibility index (Phi) is 54.4. The smallest absolute Gasteiger partial charge is 0.306 e. The lowest BCUT2D eigenvalue weighted by molar-refractivity contribution is -0.151. The normalized spacial score (nSPS) is 13.1. The van der Waals surface area contributed by atoms with Gasteiger partial charge < -0.3 is 20.3 Å². The van der Waals surface area contributed by atoms with Gasteiger partial charge in [-0.25, -0.2) is 0 Å². The van der Waals surface area contributed by atoms with Crippen molar-refractivity contribution in [3.8, 4) is 0 Å². The number of unbranched alkanes of at least 4 members (excludes halogenated alkanes) is 42. The van der Waals surface area contributed by atoms with E-state index in [0.29, 0.717) is 19.3 Å². The third-order valence-electron chi connectivity index (χ3n) is 14.3. The van der Waals surface area contributed by atoms with E-state index in [1.165, 1.54) is 238 Å². The Balaban J connectivity index is 4.48. The lowest BCUT2D eigenvalue weighted by atomic mass is 10.0. The van der Waals surface area contributed by atoms with E-state index in [0.717, 1.165) is 57.8 Å². The highest BCUT2D eigenvalue weighted by Crippen LogP contribution is 2.19. The van der Waals surface area contributed by atoms with Crippen LogP contribution >= 0.6 is 0 Å². The van der Waals surface area contributed by atoms with Gasteiger partial charge in [0.25, 0.3) is 0 Å². The molecule has 0 rings (SSSR count). The largest absolute Gasteiger partial charge is 0.462 e. The van der Waals surface area contributed by atoms with Crippen molar-refractivity contribution in [3.63, 3.8) is 0 Å². The molecule has 0 saturated heterocycles. The van der Waals surface area contributed by atoms with Crippen LogP contribution in [0.4, 0.5) is 0 Å². The lowest BCUT2D eigenvalue weighted by Gasteiger charge is -2.24. The second-order valence-electron chi connectivity index (χ2n) is 21.1. The van der Waals surface area contributed by atoms with E-state index in [4.69, 9.17) is 4.74 Å². The molecule has 0 fully saturated rings. The van der Waals surface area contributed by atoms with Crippen molar-refractivity contribution in [2.24, 2.45) is 0 Å². The Morgan fingerprint density at radius 2 is 0.716 bits per heavy atom.